The first-order chi connectivity index (χ1) is 8.70. The molecule has 0 fully saturated rings. The monoisotopic (exact) mass is 306 g/mol. The van der Waals surface area contributed by atoms with Gasteiger partial charge in [-0.05, 0) is 36.8 Å². The number of benzene rings is 1. The minimum Gasteiger partial charge on any atom is -0.493 e. The average Bonchev–Trinajstić information content (AvgIpc) is 2.40. The van der Waals surface area contributed by atoms with Crippen molar-refractivity contribution < 1.29 is 4.74 Å². The Bertz CT molecular complexity index is 513. The van der Waals surface area contributed by atoms with Crippen LogP contribution in [0.2, 0.25) is 0 Å². The second kappa shape index (κ2) is 5.87. The predicted molar refractivity (Wildman–Crippen MR) is 77.0 cm³/mol. The van der Waals surface area contributed by atoms with Crippen LogP contribution in [-0.4, -0.2) is 12.1 Å². The van der Waals surface area contributed by atoms with Crippen molar-refractivity contribution in [3.63, 3.8) is 0 Å². The lowest BCUT2D eigenvalue weighted by atomic mass is 10.1. The molecule has 0 amide bonds. The number of hydrogen-bond donors (Lipinski definition) is 1. The molecule has 18 heavy (non-hydrogen) atoms. The van der Waals surface area contributed by atoms with Crippen molar-refractivity contribution in [3.8, 4) is 5.75 Å². The van der Waals surface area contributed by atoms with E-state index >= 15 is 0 Å². The quantitative estimate of drug-likeness (QED) is 0.926. The zero-order chi connectivity index (χ0) is 13.0. The minimum atomic E-state index is 0.168. The van der Waals surface area contributed by atoms with Gasteiger partial charge in [-0.25, -0.2) is 4.98 Å². The van der Waals surface area contributed by atoms with Crippen LogP contribution in [0, 0.1) is 0 Å². The summed E-state index contributed by atoms with van der Waals surface area (Å²) in [6.07, 6.45) is 1.75. The van der Waals surface area contributed by atoms with E-state index in [0.717, 1.165) is 16.0 Å². The Labute approximate surface area is 115 Å². The summed E-state index contributed by atoms with van der Waals surface area (Å²) < 4.78 is 6.35. The van der Waals surface area contributed by atoms with E-state index in [1.54, 1.807) is 13.3 Å². The van der Waals surface area contributed by atoms with Crippen molar-refractivity contribution in [1.82, 2.24) is 4.98 Å². The van der Waals surface area contributed by atoms with Gasteiger partial charge in [-0.3, -0.25) is 0 Å². The Balaban J connectivity index is 2.15. The van der Waals surface area contributed by atoms with Crippen molar-refractivity contribution in [2.75, 3.05) is 12.4 Å². The summed E-state index contributed by atoms with van der Waals surface area (Å²) >= 11 is 3.43. The summed E-state index contributed by atoms with van der Waals surface area (Å²) in [5.74, 6) is 1.51. The lowest BCUT2D eigenvalue weighted by Gasteiger charge is -2.16. The Hall–Kier alpha value is -1.55. The Morgan fingerprint density at radius 1 is 1.22 bits per heavy atom. The fourth-order valence-electron chi connectivity index (χ4n) is 1.70. The van der Waals surface area contributed by atoms with E-state index < -0.39 is 0 Å². The fourth-order valence-corrected chi connectivity index (χ4v) is 1.97. The van der Waals surface area contributed by atoms with Crippen LogP contribution in [0.1, 0.15) is 18.5 Å². The van der Waals surface area contributed by atoms with E-state index in [0.29, 0.717) is 0 Å². The van der Waals surface area contributed by atoms with Crippen LogP contribution in [0.25, 0.3) is 0 Å². The number of hydrogen-bond acceptors (Lipinski definition) is 3. The lowest BCUT2D eigenvalue weighted by molar-refractivity contribution is 0.414. The molecule has 94 valence electrons. The average molecular weight is 307 g/mol. The summed E-state index contributed by atoms with van der Waals surface area (Å²) in [4.78, 5) is 4.29. The molecule has 0 radical (unpaired) electrons. The maximum absolute atomic E-state index is 5.27. The zero-order valence-electron chi connectivity index (χ0n) is 10.4. The third-order valence-electron chi connectivity index (χ3n) is 2.71. The highest BCUT2D eigenvalue weighted by molar-refractivity contribution is 9.10. The molecule has 1 unspecified atom stereocenters. The third-order valence-corrected chi connectivity index (χ3v) is 3.24. The Morgan fingerprint density at radius 3 is 2.61 bits per heavy atom. The first kappa shape index (κ1) is 12.9. The molecule has 1 aromatic carbocycles. The first-order valence-electron chi connectivity index (χ1n) is 5.71. The van der Waals surface area contributed by atoms with Gasteiger partial charge in [-0.2, -0.15) is 0 Å². The number of rotatable bonds is 4. The molecule has 3 nitrogen and oxygen atoms in total. The molecule has 0 aliphatic heterocycles. The molecule has 2 rings (SSSR count). The van der Waals surface area contributed by atoms with Crippen LogP contribution >= 0.6 is 15.9 Å². The van der Waals surface area contributed by atoms with Gasteiger partial charge in [0.15, 0.2) is 11.6 Å². The molecule has 0 spiro atoms. The summed E-state index contributed by atoms with van der Waals surface area (Å²) in [6, 6.07) is 12.1. The van der Waals surface area contributed by atoms with Gasteiger partial charge in [-0.15, -0.1) is 0 Å². The Morgan fingerprint density at radius 2 is 1.94 bits per heavy atom. The van der Waals surface area contributed by atoms with E-state index in [1.165, 1.54) is 5.56 Å². The van der Waals surface area contributed by atoms with Crippen molar-refractivity contribution in [1.29, 1.82) is 0 Å². The number of anilines is 1. The van der Waals surface area contributed by atoms with Crippen LogP contribution < -0.4 is 10.1 Å². The second-order valence-corrected chi connectivity index (χ2v) is 4.89. The smallest absolute Gasteiger partial charge is 0.169 e. The van der Waals surface area contributed by atoms with Crippen LogP contribution in [-0.2, 0) is 0 Å². The number of methoxy groups -OCH3 is 1. The molecule has 2 aromatic rings. The van der Waals surface area contributed by atoms with Crippen LogP contribution in [0.5, 0.6) is 5.75 Å². The molecule has 0 bridgehead atoms. The topological polar surface area (TPSA) is 34.1 Å². The van der Waals surface area contributed by atoms with Crippen LogP contribution in [0.3, 0.4) is 0 Å². The molecule has 0 saturated heterocycles. The molecule has 1 heterocycles. The maximum atomic E-state index is 5.27. The molecule has 0 aliphatic rings. The number of pyridine rings is 1. The van der Waals surface area contributed by atoms with Crippen molar-refractivity contribution in [2.45, 2.75) is 13.0 Å². The number of nitrogens with zero attached hydrogens (tertiary/aromatic N) is 1. The van der Waals surface area contributed by atoms with E-state index in [4.69, 9.17) is 4.74 Å². The minimum absolute atomic E-state index is 0.168. The fraction of sp³-hybridized carbons (Fsp3) is 0.214. The molecular formula is C14H15BrN2O. The largest absolute Gasteiger partial charge is 0.493 e. The van der Waals surface area contributed by atoms with E-state index in [1.807, 2.05) is 24.3 Å². The number of aromatic nitrogens is 1. The number of halogens is 1. The highest BCUT2D eigenvalue weighted by Crippen LogP contribution is 2.25. The molecule has 1 atom stereocenters. The van der Waals surface area contributed by atoms with Crippen molar-refractivity contribution in [2.24, 2.45) is 0 Å². The maximum Gasteiger partial charge on any atom is 0.169 e. The summed E-state index contributed by atoms with van der Waals surface area (Å²) in [6.45, 7) is 2.09. The SMILES string of the molecule is COc1cccnc1NC(C)c1ccc(Br)cc1. The van der Waals surface area contributed by atoms with E-state index in [-0.39, 0.29) is 6.04 Å². The van der Waals surface area contributed by atoms with Crippen LogP contribution in [0.15, 0.2) is 47.1 Å². The highest BCUT2D eigenvalue weighted by Gasteiger charge is 2.09. The molecule has 4 heteroatoms. The van der Waals surface area contributed by atoms with Gasteiger partial charge in [0, 0.05) is 10.7 Å². The summed E-state index contributed by atoms with van der Waals surface area (Å²) in [7, 11) is 1.65. The summed E-state index contributed by atoms with van der Waals surface area (Å²) in [5, 5.41) is 3.35. The number of ether oxygens (including phenoxy) is 1. The lowest BCUT2D eigenvalue weighted by Crippen LogP contribution is -2.08. The van der Waals surface area contributed by atoms with Gasteiger partial charge in [0.1, 0.15) is 0 Å². The van der Waals surface area contributed by atoms with Gasteiger partial charge in [-0.1, -0.05) is 28.1 Å². The third kappa shape index (κ3) is 3.01. The van der Waals surface area contributed by atoms with E-state index in [9.17, 15) is 0 Å². The molecule has 0 aliphatic carbocycles. The van der Waals surface area contributed by atoms with Crippen LogP contribution in [0.4, 0.5) is 5.82 Å². The predicted octanol–water partition coefficient (Wildman–Crippen LogP) is 4.03. The zero-order valence-corrected chi connectivity index (χ0v) is 11.9. The first-order valence-corrected chi connectivity index (χ1v) is 6.51. The normalized spacial score (nSPS) is 11.9. The van der Waals surface area contributed by atoms with Gasteiger partial charge in [0.05, 0.1) is 13.2 Å². The van der Waals surface area contributed by atoms with E-state index in [2.05, 4.69) is 45.3 Å². The second-order valence-electron chi connectivity index (χ2n) is 3.97. The molecule has 1 N–H and O–H groups in total. The molecular weight excluding hydrogens is 292 g/mol. The van der Waals surface area contributed by atoms with Crippen molar-refractivity contribution >= 4 is 21.7 Å². The highest BCUT2D eigenvalue weighted by atomic mass is 79.9. The van der Waals surface area contributed by atoms with Gasteiger partial charge >= 0.3 is 0 Å². The van der Waals surface area contributed by atoms with Crippen molar-refractivity contribution in [3.05, 3.63) is 52.6 Å². The van der Waals surface area contributed by atoms with Gasteiger partial charge in [0.2, 0.25) is 0 Å². The number of nitrogens with one attached hydrogen (secondary N) is 1. The van der Waals surface area contributed by atoms with Gasteiger partial charge in [0.25, 0.3) is 0 Å². The van der Waals surface area contributed by atoms with Gasteiger partial charge < -0.3 is 10.1 Å². The summed E-state index contributed by atoms with van der Waals surface area (Å²) in [5.41, 5.74) is 1.20. The Kier molecular flexibility index (Phi) is 4.20. The molecule has 0 saturated carbocycles. The standard InChI is InChI=1S/C14H15BrN2O/c1-10(11-5-7-12(15)8-6-11)17-14-13(18-2)4-3-9-16-14/h3-10H,1-2H3,(H,16,17). The molecule has 1 aromatic heterocycles.